The highest BCUT2D eigenvalue weighted by atomic mass is 16.7. The molecule has 7 heteroatoms. The zero-order valence-electron chi connectivity index (χ0n) is 18.5. The SMILES string of the molecule is CC(=O)OC=C1CCCC(C=O)=CCC2C(C(=O)CC=C(C)C)=COC(OC(C)=O)C12. The molecule has 0 aromatic rings. The van der Waals surface area contributed by atoms with Gasteiger partial charge in [-0.15, -0.1) is 0 Å². The van der Waals surface area contributed by atoms with Crippen LogP contribution in [-0.2, 0) is 33.4 Å². The van der Waals surface area contributed by atoms with Gasteiger partial charge in [0, 0.05) is 31.8 Å². The van der Waals surface area contributed by atoms with E-state index in [0.717, 1.165) is 11.9 Å². The minimum absolute atomic E-state index is 0.107. The highest BCUT2D eigenvalue weighted by molar-refractivity contribution is 5.97. The van der Waals surface area contributed by atoms with E-state index in [4.69, 9.17) is 14.2 Å². The van der Waals surface area contributed by atoms with Gasteiger partial charge in [0.15, 0.2) is 5.78 Å². The van der Waals surface area contributed by atoms with E-state index in [1.165, 1.54) is 26.4 Å². The molecule has 3 atom stereocenters. The lowest BCUT2D eigenvalue weighted by Gasteiger charge is -2.37. The quantitative estimate of drug-likeness (QED) is 0.271. The summed E-state index contributed by atoms with van der Waals surface area (Å²) in [6.45, 7) is 6.41. The van der Waals surface area contributed by atoms with Crippen molar-refractivity contribution in [2.75, 3.05) is 0 Å². The van der Waals surface area contributed by atoms with Gasteiger partial charge in [-0.2, -0.15) is 0 Å². The number of aldehydes is 1. The van der Waals surface area contributed by atoms with Crippen LogP contribution in [0.2, 0.25) is 0 Å². The summed E-state index contributed by atoms with van der Waals surface area (Å²) < 4.78 is 16.3. The number of esters is 2. The van der Waals surface area contributed by atoms with Gasteiger partial charge >= 0.3 is 11.9 Å². The average Bonchev–Trinajstić information content (AvgIpc) is 2.79. The highest BCUT2D eigenvalue weighted by Crippen LogP contribution is 2.42. The predicted octanol–water partition coefficient (Wildman–Crippen LogP) is 4.09. The van der Waals surface area contributed by atoms with E-state index in [2.05, 4.69) is 0 Å². The Morgan fingerprint density at radius 1 is 1.13 bits per heavy atom. The third-order valence-electron chi connectivity index (χ3n) is 5.28. The number of ketones is 1. The molecule has 0 radical (unpaired) electrons. The van der Waals surface area contributed by atoms with Crippen LogP contribution in [0.25, 0.3) is 0 Å². The first-order chi connectivity index (χ1) is 14.7. The van der Waals surface area contributed by atoms with Gasteiger partial charge in [0.05, 0.1) is 18.4 Å². The van der Waals surface area contributed by atoms with Crippen LogP contribution in [0.15, 0.2) is 47.0 Å². The Balaban J connectivity index is 2.54. The molecule has 0 fully saturated rings. The number of fused-ring (bicyclic) bond motifs is 1. The number of Topliss-reactive ketones (excluding diaryl/α,β-unsaturated/α-hetero) is 1. The van der Waals surface area contributed by atoms with Crippen LogP contribution < -0.4 is 0 Å². The summed E-state index contributed by atoms with van der Waals surface area (Å²) in [5.41, 5.74) is 2.84. The van der Waals surface area contributed by atoms with Crippen molar-refractivity contribution in [3.8, 4) is 0 Å². The lowest BCUT2D eigenvalue weighted by molar-refractivity contribution is -0.180. The van der Waals surface area contributed by atoms with Gasteiger partial charge in [-0.3, -0.25) is 19.2 Å². The number of ether oxygens (including phenoxy) is 3. The fourth-order valence-corrected chi connectivity index (χ4v) is 3.80. The first-order valence-electron chi connectivity index (χ1n) is 10.4. The number of allylic oxidation sites excluding steroid dienone is 5. The summed E-state index contributed by atoms with van der Waals surface area (Å²) in [4.78, 5) is 47.6. The Labute approximate surface area is 182 Å². The van der Waals surface area contributed by atoms with Gasteiger partial charge in [0.2, 0.25) is 0 Å². The molecular formula is C24H30O7. The second kappa shape index (κ2) is 11.4. The predicted molar refractivity (Wildman–Crippen MR) is 113 cm³/mol. The van der Waals surface area contributed by atoms with E-state index in [1.54, 1.807) is 0 Å². The number of rotatable bonds is 6. The number of hydrogen-bond donors (Lipinski definition) is 0. The van der Waals surface area contributed by atoms with Crippen LogP contribution in [0.5, 0.6) is 0 Å². The van der Waals surface area contributed by atoms with Crippen LogP contribution >= 0.6 is 0 Å². The maximum atomic E-state index is 13.0. The van der Waals surface area contributed by atoms with Gasteiger partial charge in [-0.1, -0.05) is 17.7 Å². The second-order valence-corrected chi connectivity index (χ2v) is 8.02. The zero-order valence-corrected chi connectivity index (χ0v) is 18.5. The molecule has 2 aliphatic rings. The van der Waals surface area contributed by atoms with Gasteiger partial charge in [0.25, 0.3) is 6.29 Å². The van der Waals surface area contributed by atoms with E-state index in [1.807, 2.05) is 26.0 Å². The van der Waals surface area contributed by atoms with E-state index in [-0.39, 0.29) is 12.2 Å². The average molecular weight is 430 g/mol. The molecule has 0 saturated heterocycles. The summed E-state index contributed by atoms with van der Waals surface area (Å²) in [5.74, 6) is -2.03. The monoisotopic (exact) mass is 430 g/mol. The zero-order chi connectivity index (χ0) is 23.0. The fraction of sp³-hybridized carbons (Fsp3) is 0.500. The first-order valence-corrected chi connectivity index (χ1v) is 10.4. The smallest absolute Gasteiger partial charge is 0.307 e. The summed E-state index contributed by atoms with van der Waals surface area (Å²) in [7, 11) is 0. The Kier molecular flexibility index (Phi) is 8.97. The molecule has 7 nitrogen and oxygen atoms in total. The van der Waals surface area contributed by atoms with Crippen molar-refractivity contribution in [1.29, 1.82) is 0 Å². The lowest BCUT2D eigenvalue weighted by Crippen LogP contribution is -2.40. The van der Waals surface area contributed by atoms with Gasteiger partial charge in [-0.25, -0.2) is 0 Å². The van der Waals surface area contributed by atoms with Crippen LogP contribution in [0.1, 0.15) is 59.8 Å². The third kappa shape index (κ3) is 7.05. The molecule has 0 amide bonds. The van der Waals surface area contributed by atoms with E-state index in [9.17, 15) is 19.2 Å². The maximum Gasteiger partial charge on any atom is 0.307 e. The minimum Gasteiger partial charge on any atom is -0.461 e. The molecule has 31 heavy (non-hydrogen) atoms. The molecule has 0 N–H and O–H groups in total. The Bertz CT molecular complexity index is 840. The molecule has 3 unspecified atom stereocenters. The Morgan fingerprint density at radius 2 is 1.87 bits per heavy atom. The normalized spacial score (nSPS) is 24.6. The fourth-order valence-electron chi connectivity index (χ4n) is 3.80. The summed E-state index contributed by atoms with van der Waals surface area (Å²) in [6, 6.07) is 0. The molecule has 0 spiro atoms. The van der Waals surface area contributed by atoms with Crippen molar-refractivity contribution in [3.63, 3.8) is 0 Å². The van der Waals surface area contributed by atoms with Crippen LogP contribution in [0.3, 0.4) is 0 Å². The topological polar surface area (TPSA) is 96.0 Å². The molecule has 0 aromatic heterocycles. The van der Waals surface area contributed by atoms with Gasteiger partial charge in [-0.05, 0) is 50.7 Å². The summed E-state index contributed by atoms with van der Waals surface area (Å²) >= 11 is 0. The van der Waals surface area contributed by atoms with Gasteiger partial charge in [0.1, 0.15) is 6.29 Å². The van der Waals surface area contributed by atoms with Crippen LogP contribution in [0.4, 0.5) is 0 Å². The number of carbonyl (C=O) groups is 4. The van der Waals surface area contributed by atoms with Crippen molar-refractivity contribution < 1.29 is 33.4 Å². The standard InChI is InChI=1S/C24H30O7/c1-15(2)8-11-22(28)21-14-30-24(31-17(4)27)23-19(13-29-16(3)26)7-5-6-18(12-25)9-10-20(21)23/h8-9,12-14,20,23-24H,5-7,10-11H2,1-4H3. The molecule has 0 aromatic carbocycles. The van der Waals surface area contributed by atoms with Crippen molar-refractivity contribution in [2.24, 2.45) is 11.8 Å². The van der Waals surface area contributed by atoms with Crippen molar-refractivity contribution >= 4 is 24.0 Å². The van der Waals surface area contributed by atoms with Gasteiger partial charge < -0.3 is 14.2 Å². The van der Waals surface area contributed by atoms with Crippen molar-refractivity contribution in [3.05, 3.63) is 47.0 Å². The van der Waals surface area contributed by atoms with Crippen LogP contribution in [-0.4, -0.2) is 30.3 Å². The van der Waals surface area contributed by atoms with Crippen molar-refractivity contribution in [2.45, 2.75) is 66.1 Å². The lowest BCUT2D eigenvalue weighted by atomic mass is 9.75. The molecular weight excluding hydrogens is 400 g/mol. The van der Waals surface area contributed by atoms with Crippen LogP contribution in [0, 0.1) is 11.8 Å². The second-order valence-electron chi connectivity index (χ2n) is 8.02. The molecule has 0 saturated carbocycles. The molecule has 0 bridgehead atoms. The summed E-state index contributed by atoms with van der Waals surface area (Å²) in [5, 5.41) is 0. The molecule has 1 aliphatic heterocycles. The van der Waals surface area contributed by atoms with E-state index in [0.29, 0.717) is 42.4 Å². The number of hydrogen-bond acceptors (Lipinski definition) is 7. The van der Waals surface area contributed by atoms with Crippen molar-refractivity contribution in [1.82, 2.24) is 0 Å². The molecule has 168 valence electrons. The highest BCUT2D eigenvalue weighted by Gasteiger charge is 2.42. The molecule has 2 rings (SSSR count). The Hall–Kier alpha value is -2.96. The Morgan fingerprint density at radius 3 is 2.48 bits per heavy atom. The first kappa shape index (κ1) is 24.3. The van der Waals surface area contributed by atoms with E-state index < -0.39 is 30.1 Å². The molecule has 1 heterocycles. The third-order valence-corrected chi connectivity index (χ3v) is 5.28. The summed E-state index contributed by atoms with van der Waals surface area (Å²) in [6.07, 6.45) is 8.57. The van der Waals surface area contributed by atoms with E-state index >= 15 is 0 Å². The minimum atomic E-state index is -0.963. The maximum absolute atomic E-state index is 13.0. The molecule has 1 aliphatic carbocycles. The number of carbonyl (C=O) groups excluding carboxylic acids is 4. The largest absolute Gasteiger partial charge is 0.461 e.